The van der Waals surface area contributed by atoms with Gasteiger partial charge in [0.2, 0.25) is 0 Å². The van der Waals surface area contributed by atoms with Crippen LogP contribution in [-0.2, 0) is 17.8 Å². The Labute approximate surface area is 123 Å². The van der Waals surface area contributed by atoms with Crippen molar-refractivity contribution in [3.63, 3.8) is 0 Å². The van der Waals surface area contributed by atoms with Crippen molar-refractivity contribution in [1.82, 2.24) is 10.4 Å². The first-order valence-corrected chi connectivity index (χ1v) is 6.69. The minimum Gasteiger partial charge on any atom is -0.465 e. The number of nitro groups is 1. The first-order valence-electron chi connectivity index (χ1n) is 6.69. The minimum atomic E-state index is -0.464. The van der Waals surface area contributed by atoms with Crippen LogP contribution in [0.25, 0.3) is 0 Å². The largest absolute Gasteiger partial charge is 0.465 e. The lowest BCUT2D eigenvalue weighted by atomic mass is 10.2. The van der Waals surface area contributed by atoms with Gasteiger partial charge in [-0.25, -0.2) is 5.48 Å². The summed E-state index contributed by atoms with van der Waals surface area (Å²) in [5.41, 5.74) is 2.49. The number of rotatable bonds is 9. The van der Waals surface area contributed by atoms with Crippen LogP contribution in [0.15, 0.2) is 21.5 Å². The molecule has 0 saturated heterocycles. The molecule has 21 heavy (non-hydrogen) atoms. The number of aliphatic imine (C=N–C) groups is 1. The van der Waals surface area contributed by atoms with Crippen LogP contribution < -0.4 is 5.48 Å². The highest BCUT2D eigenvalue weighted by atomic mass is 16.6. The number of aryl methyl sites for hydroxylation is 1. The van der Waals surface area contributed by atoms with E-state index in [4.69, 9.17) is 9.25 Å². The molecule has 0 radical (unpaired) electrons. The lowest BCUT2D eigenvalue weighted by Gasteiger charge is -2.06. The Morgan fingerprint density at radius 2 is 2.19 bits per heavy atom. The number of nitrogens with zero attached hydrogens (tertiary/aromatic N) is 3. The van der Waals surface area contributed by atoms with E-state index >= 15 is 0 Å². The van der Waals surface area contributed by atoms with Crippen molar-refractivity contribution in [2.75, 3.05) is 34.3 Å². The predicted octanol–water partition coefficient (Wildman–Crippen LogP) is 1.10. The number of amidine groups is 1. The molecule has 1 heterocycles. The molecule has 0 fully saturated rings. The molecule has 0 saturated carbocycles. The van der Waals surface area contributed by atoms with Gasteiger partial charge in [-0.05, 0) is 32.6 Å². The summed E-state index contributed by atoms with van der Waals surface area (Å²) < 4.78 is 5.67. The molecule has 118 valence electrons. The van der Waals surface area contributed by atoms with Gasteiger partial charge in [-0.3, -0.25) is 19.9 Å². The number of hydrogen-bond donors (Lipinski definition) is 1. The Hall–Kier alpha value is -1.93. The zero-order chi connectivity index (χ0) is 15.7. The van der Waals surface area contributed by atoms with Gasteiger partial charge >= 0.3 is 0 Å². The molecule has 0 spiro atoms. The number of hydroxylamine groups is 1. The summed E-state index contributed by atoms with van der Waals surface area (Å²) in [6.07, 6.45) is 1.50. The van der Waals surface area contributed by atoms with Gasteiger partial charge in [0, 0.05) is 18.4 Å². The van der Waals surface area contributed by atoms with E-state index in [9.17, 15) is 10.1 Å². The maximum absolute atomic E-state index is 10.3. The van der Waals surface area contributed by atoms with E-state index in [2.05, 4.69) is 10.5 Å². The molecule has 0 aliphatic heterocycles. The van der Waals surface area contributed by atoms with E-state index in [0.29, 0.717) is 6.61 Å². The molecule has 0 unspecified atom stereocenters. The van der Waals surface area contributed by atoms with Crippen LogP contribution in [0, 0.1) is 10.1 Å². The summed E-state index contributed by atoms with van der Waals surface area (Å²) in [7, 11) is 5.45. The molecule has 0 bridgehead atoms. The van der Waals surface area contributed by atoms with Crippen LogP contribution >= 0.6 is 0 Å². The van der Waals surface area contributed by atoms with Crippen LogP contribution in [0.3, 0.4) is 0 Å². The smallest absolute Gasteiger partial charge is 0.261 e. The van der Waals surface area contributed by atoms with Crippen LogP contribution in [0.4, 0.5) is 0 Å². The molecule has 8 nitrogen and oxygen atoms in total. The van der Waals surface area contributed by atoms with E-state index in [1.807, 2.05) is 31.1 Å². The van der Waals surface area contributed by atoms with Gasteiger partial charge in [0.05, 0.1) is 13.2 Å². The molecular formula is C13H22N4O4. The van der Waals surface area contributed by atoms with Crippen LogP contribution in [0.1, 0.15) is 17.9 Å². The van der Waals surface area contributed by atoms with Crippen molar-refractivity contribution < 1.29 is 14.2 Å². The number of nitrogens with one attached hydrogen (secondary N) is 1. The lowest BCUT2D eigenvalue weighted by Crippen LogP contribution is -2.30. The quantitative estimate of drug-likeness (QED) is 0.241. The van der Waals surface area contributed by atoms with E-state index in [0.717, 1.165) is 30.9 Å². The Balaban J connectivity index is 2.19. The highest BCUT2D eigenvalue weighted by molar-refractivity contribution is 5.81. The van der Waals surface area contributed by atoms with Crippen molar-refractivity contribution in [2.45, 2.75) is 19.4 Å². The molecule has 8 heteroatoms. The number of furan rings is 1. The topological polar surface area (TPSA) is 93.1 Å². The second-order valence-electron chi connectivity index (χ2n) is 4.82. The Kier molecular flexibility index (Phi) is 7.41. The standard InChI is InChI=1S/C13H22N4O4/c1-14-13(10-17(18)19)15-20-8-4-5-11-6-7-12(21-11)9-16(2)3/h6-7H,4-5,8-10H2,1-3H3,(H,14,15). The fraction of sp³-hybridized carbons (Fsp3) is 0.615. The van der Waals surface area contributed by atoms with Crippen molar-refractivity contribution in [2.24, 2.45) is 4.99 Å². The molecule has 1 aromatic rings. The first kappa shape index (κ1) is 17.1. The monoisotopic (exact) mass is 298 g/mol. The zero-order valence-electron chi connectivity index (χ0n) is 12.7. The van der Waals surface area contributed by atoms with Crippen LogP contribution in [0.2, 0.25) is 0 Å². The van der Waals surface area contributed by atoms with Crippen molar-refractivity contribution >= 4 is 5.84 Å². The minimum absolute atomic E-state index is 0.200. The van der Waals surface area contributed by atoms with Gasteiger partial charge in [0.1, 0.15) is 11.5 Å². The van der Waals surface area contributed by atoms with Gasteiger partial charge in [0.15, 0.2) is 5.84 Å². The van der Waals surface area contributed by atoms with Gasteiger partial charge in [0.25, 0.3) is 6.54 Å². The molecule has 1 aromatic heterocycles. The van der Waals surface area contributed by atoms with Crippen molar-refractivity contribution in [3.8, 4) is 0 Å². The summed E-state index contributed by atoms with van der Waals surface area (Å²) in [5, 5.41) is 10.3. The van der Waals surface area contributed by atoms with E-state index in [1.54, 1.807) is 0 Å². The fourth-order valence-corrected chi connectivity index (χ4v) is 1.68. The molecule has 0 aromatic carbocycles. The number of hydrogen-bond acceptors (Lipinski definition) is 6. The summed E-state index contributed by atoms with van der Waals surface area (Å²) in [5.74, 6) is 2.04. The Morgan fingerprint density at radius 1 is 1.48 bits per heavy atom. The second kappa shape index (κ2) is 9.09. The highest BCUT2D eigenvalue weighted by Crippen LogP contribution is 2.11. The first-order chi connectivity index (χ1) is 10.0. The molecule has 0 atom stereocenters. The molecule has 0 aliphatic carbocycles. The fourth-order valence-electron chi connectivity index (χ4n) is 1.68. The van der Waals surface area contributed by atoms with Gasteiger partial charge in [-0.15, -0.1) is 0 Å². The summed E-state index contributed by atoms with van der Waals surface area (Å²) >= 11 is 0. The zero-order valence-corrected chi connectivity index (χ0v) is 12.7. The lowest BCUT2D eigenvalue weighted by molar-refractivity contribution is -0.464. The summed E-state index contributed by atoms with van der Waals surface area (Å²) in [6, 6.07) is 3.92. The third kappa shape index (κ3) is 7.42. The summed E-state index contributed by atoms with van der Waals surface area (Å²) in [6.45, 7) is 0.818. The van der Waals surface area contributed by atoms with Crippen molar-refractivity contribution in [3.05, 3.63) is 33.8 Å². The predicted molar refractivity (Wildman–Crippen MR) is 78.7 cm³/mol. The maximum atomic E-state index is 10.3. The summed E-state index contributed by atoms with van der Waals surface area (Å²) in [4.78, 5) is 20.8. The van der Waals surface area contributed by atoms with Gasteiger partial charge in [-0.2, -0.15) is 0 Å². The average molecular weight is 298 g/mol. The van der Waals surface area contributed by atoms with E-state index in [-0.39, 0.29) is 12.4 Å². The van der Waals surface area contributed by atoms with E-state index < -0.39 is 4.92 Å². The molecule has 1 N–H and O–H groups in total. The van der Waals surface area contributed by atoms with Crippen LogP contribution in [-0.4, -0.2) is 50.0 Å². The second-order valence-corrected chi connectivity index (χ2v) is 4.82. The van der Waals surface area contributed by atoms with Crippen LogP contribution in [0.5, 0.6) is 0 Å². The SMILES string of the molecule is CN=C(C[N+](=O)[O-])NOCCCc1ccc(CN(C)C)o1. The van der Waals surface area contributed by atoms with Crippen molar-refractivity contribution in [1.29, 1.82) is 0 Å². The Morgan fingerprint density at radius 3 is 2.81 bits per heavy atom. The third-order valence-corrected chi connectivity index (χ3v) is 2.60. The maximum Gasteiger partial charge on any atom is 0.261 e. The van der Waals surface area contributed by atoms with Gasteiger partial charge in [-0.1, -0.05) is 0 Å². The van der Waals surface area contributed by atoms with Gasteiger partial charge < -0.3 is 9.32 Å². The highest BCUT2D eigenvalue weighted by Gasteiger charge is 2.06. The normalized spacial score (nSPS) is 11.9. The average Bonchev–Trinajstić information content (AvgIpc) is 2.83. The molecule has 0 amide bonds. The Bertz CT molecular complexity index is 470. The molecule has 1 rings (SSSR count). The molecule has 0 aliphatic rings. The molecular weight excluding hydrogens is 276 g/mol. The van der Waals surface area contributed by atoms with E-state index in [1.165, 1.54) is 7.05 Å². The third-order valence-electron chi connectivity index (χ3n) is 2.60.